The van der Waals surface area contributed by atoms with Gasteiger partial charge < -0.3 is 25.4 Å². The minimum atomic E-state index is -0.121. The Hall–Kier alpha value is -3.08. The molecule has 0 unspecified atom stereocenters. The number of rotatable bonds is 6. The molecule has 1 fully saturated rings. The molecule has 0 radical (unpaired) electrons. The number of ether oxygens (including phenoxy) is 2. The first-order chi connectivity index (χ1) is 18.0. The third-order valence-corrected chi connectivity index (χ3v) is 8.65. The fourth-order valence-electron chi connectivity index (χ4n) is 5.43. The summed E-state index contributed by atoms with van der Waals surface area (Å²) < 4.78 is 11.7. The number of hydrogen-bond donors (Lipinski definition) is 2. The summed E-state index contributed by atoms with van der Waals surface area (Å²) in [5, 5.41) is 4.58. The van der Waals surface area contributed by atoms with Crippen LogP contribution < -0.4 is 15.8 Å². The summed E-state index contributed by atoms with van der Waals surface area (Å²) in [6, 6.07) is 4.23. The number of carbonyl (C=O) groups excluding carboxylic acids is 1. The summed E-state index contributed by atoms with van der Waals surface area (Å²) in [6.45, 7) is 7.01. The lowest BCUT2D eigenvalue weighted by atomic mass is 9.86. The Morgan fingerprint density at radius 3 is 3.11 bits per heavy atom. The largest absolute Gasteiger partial charge is 0.487 e. The quantitative estimate of drug-likeness (QED) is 0.512. The average molecular weight is 521 g/mol. The van der Waals surface area contributed by atoms with Crippen LogP contribution in [0.5, 0.6) is 5.75 Å². The number of morpholine rings is 1. The molecule has 0 spiro atoms. The van der Waals surface area contributed by atoms with Crippen LogP contribution in [0.25, 0.3) is 10.2 Å². The van der Waals surface area contributed by atoms with E-state index in [9.17, 15) is 4.79 Å². The van der Waals surface area contributed by atoms with E-state index >= 15 is 0 Å². The standard InChI is InChI=1S/C27H32N6O3S/c1-15-13-35-6-5-33(15)27(34)17-3-4-20-23(9-17)37-26-24(20)25(30-14-31-26)32-21-7-18-11-29-12-19(18)8-22(21)36-16(2)10-28/h7-8,11,14-17H,3-6,9-10,12-13,28H2,1-2H3,(H,30,31,32)/t15-,16-,17-/m0/s1. The lowest BCUT2D eigenvalue weighted by molar-refractivity contribution is -0.143. The van der Waals surface area contributed by atoms with E-state index < -0.39 is 0 Å². The maximum absolute atomic E-state index is 13.3. The van der Waals surface area contributed by atoms with E-state index in [2.05, 4.69) is 33.3 Å². The zero-order valence-corrected chi connectivity index (χ0v) is 22.0. The third-order valence-electron chi connectivity index (χ3n) is 7.49. The molecule has 3 aromatic rings. The molecule has 6 rings (SSSR count). The number of anilines is 2. The maximum atomic E-state index is 13.3. The number of amides is 1. The van der Waals surface area contributed by atoms with Crippen LogP contribution in [0.15, 0.2) is 23.5 Å². The van der Waals surface area contributed by atoms with Crippen molar-refractivity contribution in [2.75, 3.05) is 31.6 Å². The van der Waals surface area contributed by atoms with Gasteiger partial charge in [-0.05, 0) is 61.9 Å². The second kappa shape index (κ2) is 10.00. The van der Waals surface area contributed by atoms with E-state index in [1.807, 2.05) is 24.1 Å². The van der Waals surface area contributed by atoms with Crippen molar-refractivity contribution in [3.8, 4) is 5.75 Å². The first-order valence-corrected chi connectivity index (χ1v) is 13.8. The number of aliphatic imine (C=N–C) groups is 1. The zero-order valence-electron chi connectivity index (χ0n) is 21.2. The van der Waals surface area contributed by atoms with E-state index in [0.717, 1.165) is 57.9 Å². The van der Waals surface area contributed by atoms with Gasteiger partial charge in [0.1, 0.15) is 28.8 Å². The molecule has 0 saturated carbocycles. The summed E-state index contributed by atoms with van der Waals surface area (Å²) >= 11 is 1.68. The van der Waals surface area contributed by atoms with Crippen molar-refractivity contribution in [1.82, 2.24) is 14.9 Å². The number of nitrogens with one attached hydrogen (secondary N) is 1. The molecule has 37 heavy (non-hydrogen) atoms. The summed E-state index contributed by atoms with van der Waals surface area (Å²) in [4.78, 5) is 31.1. The second-order valence-corrected chi connectivity index (χ2v) is 11.2. The Bertz CT molecular complexity index is 1370. The molecule has 194 valence electrons. The molecule has 0 bridgehead atoms. The van der Waals surface area contributed by atoms with Crippen LogP contribution in [-0.4, -0.2) is 65.4 Å². The van der Waals surface area contributed by atoms with Gasteiger partial charge in [-0.3, -0.25) is 9.79 Å². The molecule has 1 aromatic carbocycles. The van der Waals surface area contributed by atoms with Crippen LogP contribution in [0.1, 0.15) is 41.8 Å². The van der Waals surface area contributed by atoms with Gasteiger partial charge in [0.25, 0.3) is 0 Å². The van der Waals surface area contributed by atoms with Gasteiger partial charge >= 0.3 is 0 Å². The Morgan fingerprint density at radius 2 is 2.27 bits per heavy atom. The Balaban J connectivity index is 1.31. The summed E-state index contributed by atoms with van der Waals surface area (Å²) in [5.74, 6) is 1.75. The lowest BCUT2D eigenvalue weighted by Gasteiger charge is -2.36. The zero-order chi connectivity index (χ0) is 25.5. The van der Waals surface area contributed by atoms with E-state index in [1.165, 1.54) is 10.4 Å². The molecule has 3 atom stereocenters. The summed E-state index contributed by atoms with van der Waals surface area (Å²) in [6.07, 6.45) is 5.78. The van der Waals surface area contributed by atoms with Crippen molar-refractivity contribution < 1.29 is 14.3 Å². The number of hydrogen-bond acceptors (Lipinski definition) is 9. The minimum absolute atomic E-state index is 0.000711. The number of carbonyl (C=O) groups is 1. The van der Waals surface area contributed by atoms with Gasteiger partial charge in [0.15, 0.2) is 0 Å². The molecule has 1 amide bonds. The van der Waals surface area contributed by atoms with Crippen LogP contribution >= 0.6 is 11.3 Å². The molecule has 1 saturated heterocycles. The van der Waals surface area contributed by atoms with Gasteiger partial charge in [0.05, 0.1) is 36.9 Å². The highest BCUT2D eigenvalue weighted by Crippen LogP contribution is 2.42. The van der Waals surface area contributed by atoms with Crippen molar-refractivity contribution in [3.63, 3.8) is 0 Å². The number of nitrogens with zero attached hydrogens (tertiary/aromatic N) is 4. The summed E-state index contributed by atoms with van der Waals surface area (Å²) in [5.41, 5.74) is 10.1. The van der Waals surface area contributed by atoms with E-state index in [1.54, 1.807) is 17.7 Å². The normalized spacial score (nSPS) is 21.5. The average Bonchev–Trinajstić information content (AvgIpc) is 3.52. The Morgan fingerprint density at radius 1 is 1.38 bits per heavy atom. The van der Waals surface area contributed by atoms with Crippen molar-refractivity contribution in [2.24, 2.45) is 16.6 Å². The van der Waals surface area contributed by atoms with Crippen LogP contribution in [-0.2, 0) is 28.9 Å². The van der Waals surface area contributed by atoms with E-state index in [-0.39, 0.29) is 24.0 Å². The van der Waals surface area contributed by atoms with Crippen molar-refractivity contribution in [1.29, 1.82) is 0 Å². The van der Waals surface area contributed by atoms with Gasteiger partial charge in [-0.2, -0.15) is 0 Å². The van der Waals surface area contributed by atoms with Crippen molar-refractivity contribution in [3.05, 3.63) is 40.0 Å². The number of nitrogens with two attached hydrogens (primary N) is 1. The van der Waals surface area contributed by atoms with Crippen LogP contribution in [0.4, 0.5) is 11.5 Å². The third kappa shape index (κ3) is 4.58. The molecule has 2 aliphatic heterocycles. The lowest BCUT2D eigenvalue weighted by Crippen LogP contribution is -2.50. The number of thiophene rings is 1. The highest BCUT2D eigenvalue weighted by molar-refractivity contribution is 7.19. The number of aromatic nitrogens is 2. The fourth-order valence-corrected chi connectivity index (χ4v) is 6.70. The van der Waals surface area contributed by atoms with E-state index in [0.29, 0.717) is 32.8 Å². The molecule has 10 heteroatoms. The van der Waals surface area contributed by atoms with Gasteiger partial charge in [0, 0.05) is 30.1 Å². The monoisotopic (exact) mass is 520 g/mol. The van der Waals surface area contributed by atoms with Crippen molar-refractivity contribution >= 4 is 45.2 Å². The second-order valence-electron chi connectivity index (χ2n) is 10.1. The molecule has 1 aliphatic carbocycles. The van der Waals surface area contributed by atoms with Gasteiger partial charge in [-0.1, -0.05) is 0 Å². The molecule has 3 N–H and O–H groups in total. The Labute approximate surface area is 220 Å². The topological polar surface area (TPSA) is 115 Å². The summed E-state index contributed by atoms with van der Waals surface area (Å²) in [7, 11) is 0. The molecule has 9 nitrogen and oxygen atoms in total. The number of benzene rings is 1. The molecule has 2 aromatic heterocycles. The first kappa shape index (κ1) is 24.3. The highest BCUT2D eigenvalue weighted by atomic mass is 32.1. The first-order valence-electron chi connectivity index (χ1n) is 13.0. The van der Waals surface area contributed by atoms with Crippen molar-refractivity contribution in [2.45, 2.75) is 51.8 Å². The predicted molar refractivity (Wildman–Crippen MR) is 145 cm³/mol. The van der Waals surface area contributed by atoms with Gasteiger partial charge in [0.2, 0.25) is 5.91 Å². The predicted octanol–water partition coefficient (Wildman–Crippen LogP) is 3.45. The molecule has 3 aliphatic rings. The minimum Gasteiger partial charge on any atom is -0.487 e. The van der Waals surface area contributed by atoms with Crippen LogP contribution in [0, 0.1) is 5.92 Å². The number of aryl methyl sites for hydroxylation is 1. The highest BCUT2D eigenvalue weighted by Gasteiger charge is 2.34. The smallest absolute Gasteiger partial charge is 0.226 e. The van der Waals surface area contributed by atoms with E-state index in [4.69, 9.17) is 15.2 Å². The SMILES string of the molecule is C[C@@H](CN)Oc1cc2c(cc1Nc1ncnc3sc4c(c13)CC[C@H](C(=O)N1CCOC[C@@H]1C)C4)C=NC2. The molecular weight excluding hydrogens is 488 g/mol. The molecular formula is C27H32N6O3S. The Kier molecular flexibility index (Phi) is 6.56. The van der Waals surface area contributed by atoms with Gasteiger partial charge in [-0.15, -0.1) is 11.3 Å². The maximum Gasteiger partial charge on any atom is 0.226 e. The fraction of sp³-hybridized carbons (Fsp3) is 0.481. The van der Waals surface area contributed by atoms with Crippen LogP contribution in [0.2, 0.25) is 0 Å². The van der Waals surface area contributed by atoms with Crippen LogP contribution in [0.3, 0.4) is 0 Å². The molecule has 4 heterocycles. The number of fused-ring (bicyclic) bond motifs is 4. The van der Waals surface area contributed by atoms with Gasteiger partial charge in [-0.25, -0.2) is 9.97 Å².